The van der Waals surface area contributed by atoms with Crippen molar-refractivity contribution in [3.63, 3.8) is 0 Å². The molecule has 1 aromatic rings. The molecule has 1 aromatic heterocycles. The minimum atomic E-state index is 0.483. The Morgan fingerprint density at radius 3 is 3.17 bits per heavy atom. The van der Waals surface area contributed by atoms with E-state index in [2.05, 4.69) is 21.8 Å². The first-order valence-corrected chi connectivity index (χ1v) is 7.23. The zero-order chi connectivity index (χ0) is 12.6. The van der Waals surface area contributed by atoms with E-state index in [0.29, 0.717) is 6.04 Å². The number of nitrogens with zero attached hydrogens (tertiary/aromatic N) is 2. The number of imidazole rings is 1. The molecule has 1 aliphatic heterocycles. The van der Waals surface area contributed by atoms with E-state index in [1.54, 1.807) is 0 Å². The van der Waals surface area contributed by atoms with Gasteiger partial charge >= 0.3 is 0 Å². The maximum Gasteiger partial charge on any atom is 0.0949 e. The van der Waals surface area contributed by atoms with Crippen LogP contribution < -0.4 is 5.32 Å². The van der Waals surface area contributed by atoms with Crippen molar-refractivity contribution in [1.29, 1.82) is 0 Å². The largest absolute Gasteiger partial charge is 0.380 e. The van der Waals surface area contributed by atoms with Gasteiger partial charge in [-0.1, -0.05) is 19.8 Å². The van der Waals surface area contributed by atoms with Crippen LogP contribution in [0.5, 0.6) is 0 Å². The maximum absolute atomic E-state index is 5.62. The molecule has 1 N–H and O–H groups in total. The first kappa shape index (κ1) is 13.6. The summed E-state index contributed by atoms with van der Waals surface area (Å²) in [5, 5.41) is 3.57. The molecule has 1 aliphatic rings. The minimum absolute atomic E-state index is 0.483. The lowest BCUT2D eigenvalue weighted by atomic mass is 10.0. The zero-order valence-corrected chi connectivity index (χ0v) is 11.4. The van der Waals surface area contributed by atoms with Crippen LogP contribution >= 0.6 is 0 Å². The summed E-state index contributed by atoms with van der Waals surface area (Å²) in [6.07, 6.45) is 10.1. The molecular formula is C14H25N3O. The summed E-state index contributed by atoms with van der Waals surface area (Å²) in [5.41, 5.74) is 1.31. The predicted molar refractivity (Wildman–Crippen MR) is 72.5 cm³/mol. The molecule has 102 valence electrons. The Bertz CT molecular complexity index is 332. The molecular weight excluding hydrogens is 226 g/mol. The Hall–Kier alpha value is -0.870. The third kappa shape index (κ3) is 3.82. The van der Waals surface area contributed by atoms with Gasteiger partial charge in [0.05, 0.1) is 18.6 Å². The van der Waals surface area contributed by atoms with E-state index in [1.165, 1.54) is 31.4 Å². The van der Waals surface area contributed by atoms with Crippen molar-refractivity contribution in [2.45, 2.75) is 51.6 Å². The molecule has 1 unspecified atom stereocenters. The molecule has 1 saturated heterocycles. The Kier molecular flexibility index (Phi) is 5.68. The Morgan fingerprint density at radius 1 is 1.44 bits per heavy atom. The number of hydrogen-bond acceptors (Lipinski definition) is 3. The average Bonchev–Trinajstić information content (AvgIpc) is 2.88. The smallest absolute Gasteiger partial charge is 0.0949 e. The number of ether oxygens (including phenoxy) is 1. The van der Waals surface area contributed by atoms with Gasteiger partial charge in [-0.25, -0.2) is 4.98 Å². The first-order valence-electron chi connectivity index (χ1n) is 7.23. The fourth-order valence-electron chi connectivity index (χ4n) is 2.42. The highest BCUT2D eigenvalue weighted by molar-refractivity contribution is 5.06. The second-order valence-electron chi connectivity index (χ2n) is 4.98. The molecule has 0 aromatic carbocycles. The lowest BCUT2D eigenvalue weighted by Crippen LogP contribution is -2.28. The van der Waals surface area contributed by atoms with Crippen molar-refractivity contribution >= 4 is 0 Å². The quantitative estimate of drug-likeness (QED) is 0.757. The number of hydrogen-bond donors (Lipinski definition) is 1. The molecule has 0 aliphatic carbocycles. The van der Waals surface area contributed by atoms with Gasteiger partial charge < -0.3 is 14.6 Å². The number of unbranched alkanes of at least 4 members (excludes halogenated alkanes) is 1. The molecule has 2 heterocycles. The van der Waals surface area contributed by atoms with Gasteiger partial charge in [-0.05, 0) is 25.8 Å². The van der Waals surface area contributed by atoms with Crippen molar-refractivity contribution in [2.75, 3.05) is 19.8 Å². The van der Waals surface area contributed by atoms with E-state index in [9.17, 15) is 0 Å². The van der Waals surface area contributed by atoms with Crippen LogP contribution in [-0.2, 0) is 11.3 Å². The van der Waals surface area contributed by atoms with Gasteiger partial charge in [0.15, 0.2) is 0 Å². The van der Waals surface area contributed by atoms with E-state index in [-0.39, 0.29) is 0 Å². The van der Waals surface area contributed by atoms with Crippen molar-refractivity contribution in [2.24, 2.45) is 0 Å². The number of aromatic nitrogens is 2. The third-order valence-electron chi connectivity index (χ3n) is 3.53. The third-order valence-corrected chi connectivity index (χ3v) is 3.53. The maximum atomic E-state index is 5.62. The minimum Gasteiger partial charge on any atom is -0.380 e. The molecule has 0 saturated carbocycles. The highest BCUT2D eigenvalue weighted by Gasteiger charge is 2.17. The molecule has 1 atom stereocenters. The van der Waals surface area contributed by atoms with Gasteiger partial charge in [0.25, 0.3) is 0 Å². The number of rotatable bonds is 7. The summed E-state index contributed by atoms with van der Waals surface area (Å²) in [4.78, 5) is 4.28. The molecule has 1 fully saturated rings. The van der Waals surface area contributed by atoms with Gasteiger partial charge in [-0.3, -0.25) is 0 Å². The fourth-order valence-corrected chi connectivity index (χ4v) is 2.42. The average molecular weight is 251 g/mol. The van der Waals surface area contributed by atoms with E-state index < -0.39 is 0 Å². The molecule has 2 rings (SSSR count). The van der Waals surface area contributed by atoms with Crippen molar-refractivity contribution in [3.8, 4) is 0 Å². The van der Waals surface area contributed by atoms with E-state index in [1.807, 2.05) is 12.5 Å². The van der Waals surface area contributed by atoms with Crippen LogP contribution in [0, 0.1) is 0 Å². The van der Waals surface area contributed by atoms with Crippen molar-refractivity contribution < 1.29 is 4.74 Å². The second kappa shape index (κ2) is 7.54. The van der Waals surface area contributed by atoms with Crippen molar-refractivity contribution in [3.05, 3.63) is 18.2 Å². The highest BCUT2D eigenvalue weighted by Crippen LogP contribution is 2.22. The van der Waals surface area contributed by atoms with Crippen LogP contribution in [0.1, 0.15) is 50.8 Å². The normalized spacial score (nSPS) is 20.2. The lowest BCUT2D eigenvalue weighted by molar-refractivity contribution is 0.122. The van der Waals surface area contributed by atoms with E-state index >= 15 is 0 Å². The summed E-state index contributed by atoms with van der Waals surface area (Å²) in [5.74, 6) is 0. The van der Waals surface area contributed by atoms with Crippen LogP contribution in [0.25, 0.3) is 0 Å². The molecule has 0 radical (unpaired) electrons. The molecule has 0 amide bonds. The standard InChI is InChI=1S/C14H25N3O/c1-2-3-9-18-10-8-17-12-15-11-14(17)13-6-4-5-7-16-13/h11-13,16H,2-10H2,1H3. The van der Waals surface area contributed by atoms with Gasteiger partial charge in [0.2, 0.25) is 0 Å². The Morgan fingerprint density at radius 2 is 2.39 bits per heavy atom. The highest BCUT2D eigenvalue weighted by atomic mass is 16.5. The van der Waals surface area contributed by atoms with Gasteiger partial charge in [-0.2, -0.15) is 0 Å². The zero-order valence-electron chi connectivity index (χ0n) is 11.4. The molecule has 4 heteroatoms. The van der Waals surface area contributed by atoms with E-state index in [0.717, 1.165) is 32.7 Å². The van der Waals surface area contributed by atoms with Crippen LogP contribution in [0.4, 0.5) is 0 Å². The molecule has 0 spiro atoms. The van der Waals surface area contributed by atoms with Crippen LogP contribution in [-0.4, -0.2) is 29.3 Å². The number of piperidine rings is 1. The van der Waals surface area contributed by atoms with Crippen LogP contribution in [0.2, 0.25) is 0 Å². The number of nitrogens with one attached hydrogen (secondary N) is 1. The van der Waals surface area contributed by atoms with Crippen molar-refractivity contribution in [1.82, 2.24) is 14.9 Å². The van der Waals surface area contributed by atoms with Gasteiger partial charge in [0, 0.05) is 25.4 Å². The Labute approximate surface area is 110 Å². The van der Waals surface area contributed by atoms with Crippen LogP contribution in [0.3, 0.4) is 0 Å². The summed E-state index contributed by atoms with van der Waals surface area (Å²) in [6.45, 7) is 5.89. The fraction of sp³-hybridized carbons (Fsp3) is 0.786. The predicted octanol–water partition coefficient (Wildman–Crippen LogP) is 2.51. The first-order chi connectivity index (χ1) is 8.92. The SMILES string of the molecule is CCCCOCCn1cncc1C1CCCCN1. The Balaban J connectivity index is 1.79. The van der Waals surface area contributed by atoms with Gasteiger partial charge in [0.1, 0.15) is 0 Å². The lowest BCUT2D eigenvalue weighted by Gasteiger charge is -2.24. The molecule has 0 bridgehead atoms. The monoisotopic (exact) mass is 251 g/mol. The second-order valence-corrected chi connectivity index (χ2v) is 4.98. The summed E-state index contributed by atoms with van der Waals surface area (Å²) < 4.78 is 7.85. The topological polar surface area (TPSA) is 39.1 Å². The van der Waals surface area contributed by atoms with Crippen LogP contribution in [0.15, 0.2) is 12.5 Å². The van der Waals surface area contributed by atoms with Gasteiger partial charge in [-0.15, -0.1) is 0 Å². The summed E-state index contributed by atoms with van der Waals surface area (Å²) in [7, 11) is 0. The van der Waals surface area contributed by atoms with E-state index in [4.69, 9.17) is 4.74 Å². The summed E-state index contributed by atoms with van der Waals surface area (Å²) in [6, 6.07) is 0.483. The summed E-state index contributed by atoms with van der Waals surface area (Å²) >= 11 is 0. The molecule has 4 nitrogen and oxygen atoms in total. The molecule has 18 heavy (non-hydrogen) atoms.